The molecule has 0 atom stereocenters. The number of unbranched alkanes of at least 4 members (excludes halogenated alkanes) is 18. The first-order valence-electron chi connectivity index (χ1n) is 13.5. The third-order valence-corrected chi connectivity index (χ3v) is 9.01. The second-order valence-corrected chi connectivity index (χ2v) is 12.3. The van der Waals surface area contributed by atoms with Crippen LogP contribution in [0, 0.1) is 0 Å². The minimum absolute atomic E-state index is 0.380. The van der Waals surface area contributed by atoms with Crippen LogP contribution in [-0.4, -0.2) is 20.9 Å². The summed E-state index contributed by atoms with van der Waals surface area (Å²) in [6.07, 6.45) is 33.0. The zero-order valence-corrected chi connectivity index (χ0v) is 23.0. The van der Waals surface area contributed by atoms with Gasteiger partial charge in [-0.2, -0.15) is 0 Å². The van der Waals surface area contributed by atoms with E-state index in [4.69, 9.17) is 0 Å². The Bertz CT molecular complexity index is 324. The molecule has 0 N–H and O–H groups in total. The summed E-state index contributed by atoms with van der Waals surface area (Å²) >= 11 is 0.380. The fraction of sp³-hybridized carbons (Fsp3) is 0.857. The first kappa shape index (κ1) is 30.1. The molecule has 1 aromatic rings. The number of hydrogen-bond donors (Lipinski definition) is 0. The Balaban J connectivity index is 0.00000145. The molecular formula is C28H54OTe. The molecule has 178 valence electrons. The molecule has 0 aliphatic rings. The standard InChI is InChI=1S/C24H50Te.C4H4O/c1-3-5-7-9-11-13-15-17-19-21-23-25-24-22-20-18-16-14-12-10-8-6-4-2;1-2-4-5-3-1/h3-24H2,1-2H3;1-4H. The summed E-state index contributed by atoms with van der Waals surface area (Å²) in [5, 5.41) is 0. The predicted octanol–water partition coefficient (Wildman–Crippen LogP) is 10.6. The summed E-state index contributed by atoms with van der Waals surface area (Å²) in [7, 11) is 0. The smallest absolute Gasteiger partial charge is 0.473 e. The molecule has 0 aliphatic carbocycles. The van der Waals surface area contributed by atoms with Gasteiger partial charge in [0.05, 0.1) is 12.5 Å². The van der Waals surface area contributed by atoms with Crippen LogP contribution < -0.4 is 0 Å². The Hall–Kier alpha value is 0.0696. The maximum absolute atomic E-state index is 4.58. The van der Waals surface area contributed by atoms with Crippen LogP contribution >= 0.6 is 0 Å². The van der Waals surface area contributed by atoms with Gasteiger partial charge in [-0.05, 0) is 12.1 Å². The fourth-order valence-electron chi connectivity index (χ4n) is 3.71. The number of hydrogen-bond acceptors (Lipinski definition) is 1. The van der Waals surface area contributed by atoms with Crippen molar-refractivity contribution in [2.45, 2.75) is 151 Å². The molecule has 0 aromatic carbocycles. The van der Waals surface area contributed by atoms with Gasteiger partial charge in [0, 0.05) is 0 Å². The number of rotatable bonds is 22. The van der Waals surface area contributed by atoms with Gasteiger partial charge in [-0.15, -0.1) is 0 Å². The minimum Gasteiger partial charge on any atom is -0.473 e. The first-order chi connectivity index (χ1) is 14.9. The second kappa shape index (κ2) is 29.1. The van der Waals surface area contributed by atoms with E-state index in [1.165, 1.54) is 116 Å². The molecule has 1 nitrogen and oxygen atoms in total. The van der Waals surface area contributed by atoms with Gasteiger partial charge < -0.3 is 4.42 Å². The predicted molar refractivity (Wildman–Crippen MR) is 138 cm³/mol. The van der Waals surface area contributed by atoms with Gasteiger partial charge in [0.2, 0.25) is 0 Å². The van der Waals surface area contributed by atoms with Gasteiger partial charge in [-0.25, -0.2) is 0 Å². The van der Waals surface area contributed by atoms with Crippen molar-refractivity contribution in [3.8, 4) is 0 Å². The maximum atomic E-state index is 4.58. The summed E-state index contributed by atoms with van der Waals surface area (Å²) in [4.78, 5) is 0. The topological polar surface area (TPSA) is 13.1 Å². The van der Waals surface area contributed by atoms with E-state index in [-0.39, 0.29) is 0 Å². The first-order valence-corrected chi connectivity index (χ1v) is 16.8. The van der Waals surface area contributed by atoms with Crippen molar-refractivity contribution in [2.24, 2.45) is 0 Å². The van der Waals surface area contributed by atoms with Gasteiger partial charge >= 0.3 is 172 Å². The molecule has 1 rings (SSSR count). The van der Waals surface area contributed by atoms with E-state index >= 15 is 0 Å². The van der Waals surface area contributed by atoms with Crippen LogP contribution in [0.2, 0.25) is 8.94 Å². The van der Waals surface area contributed by atoms with Crippen LogP contribution in [0.15, 0.2) is 29.1 Å². The van der Waals surface area contributed by atoms with Crippen LogP contribution in [0.5, 0.6) is 0 Å². The van der Waals surface area contributed by atoms with Crippen molar-refractivity contribution in [3.05, 3.63) is 24.7 Å². The normalized spacial score (nSPS) is 10.7. The minimum atomic E-state index is 0.380. The Kier molecular flexibility index (Phi) is 29.1. The summed E-state index contributed by atoms with van der Waals surface area (Å²) < 4.78 is 7.83. The third-order valence-electron chi connectivity index (χ3n) is 5.71. The Morgan fingerprint density at radius 3 is 1.00 bits per heavy atom. The fourth-order valence-corrected chi connectivity index (χ4v) is 6.62. The average Bonchev–Trinajstić information content (AvgIpc) is 3.35. The van der Waals surface area contributed by atoms with Crippen LogP contribution in [0.25, 0.3) is 0 Å². The van der Waals surface area contributed by atoms with E-state index in [0.29, 0.717) is 20.9 Å². The summed E-state index contributed by atoms with van der Waals surface area (Å²) in [5.41, 5.74) is 0. The molecule has 0 radical (unpaired) electrons. The molecule has 0 saturated carbocycles. The average molecular weight is 534 g/mol. The molecular weight excluding hydrogens is 480 g/mol. The number of furan rings is 1. The van der Waals surface area contributed by atoms with Gasteiger partial charge in [-0.3, -0.25) is 0 Å². The van der Waals surface area contributed by atoms with Crippen molar-refractivity contribution >= 4 is 20.9 Å². The SMILES string of the molecule is CCCCCCCCCCCC[Te]CCCCCCCCCCCC.c1ccoc1. The van der Waals surface area contributed by atoms with Crippen molar-refractivity contribution in [1.82, 2.24) is 0 Å². The van der Waals surface area contributed by atoms with Crippen LogP contribution in [0.1, 0.15) is 142 Å². The van der Waals surface area contributed by atoms with Crippen LogP contribution in [-0.2, 0) is 0 Å². The van der Waals surface area contributed by atoms with E-state index in [2.05, 4.69) is 18.3 Å². The molecule has 1 aromatic heterocycles. The van der Waals surface area contributed by atoms with Crippen molar-refractivity contribution < 1.29 is 4.42 Å². The third kappa shape index (κ3) is 28.1. The van der Waals surface area contributed by atoms with E-state index in [0.717, 1.165) is 0 Å². The van der Waals surface area contributed by atoms with Gasteiger partial charge in [-0.1, -0.05) is 0 Å². The van der Waals surface area contributed by atoms with E-state index in [9.17, 15) is 0 Å². The molecule has 2 heteroatoms. The summed E-state index contributed by atoms with van der Waals surface area (Å²) in [5.74, 6) is 0. The van der Waals surface area contributed by atoms with Gasteiger partial charge in [0.1, 0.15) is 0 Å². The van der Waals surface area contributed by atoms with E-state index in [1.54, 1.807) is 34.3 Å². The van der Waals surface area contributed by atoms with Crippen molar-refractivity contribution in [3.63, 3.8) is 0 Å². The Morgan fingerprint density at radius 2 is 0.733 bits per heavy atom. The monoisotopic (exact) mass is 536 g/mol. The molecule has 0 saturated heterocycles. The summed E-state index contributed by atoms with van der Waals surface area (Å²) in [6, 6.07) is 3.67. The molecule has 0 aliphatic heterocycles. The zero-order chi connectivity index (χ0) is 21.8. The van der Waals surface area contributed by atoms with Crippen LogP contribution in [0.4, 0.5) is 0 Å². The molecule has 0 fully saturated rings. The van der Waals surface area contributed by atoms with Crippen LogP contribution in [0.3, 0.4) is 0 Å². The molecule has 0 spiro atoms. The molecule has 30 heavy (non-hydrogen) atoms. The van der Waals surface area contributed by atoms with Gasteiger partial charge in [0.25, 0.3) is 0 Å². The van der Waals surface area contributed by atoms with Crippen molar-refractivity contribution in [1.29, 1.82) is 0 Å². The molecule has 1 heterocycles. The quantitative estimate of drug-likeness (QED) is 0.107. The zero-order valence-electron chi connectivity index (χ0n) is 20.7. The van der Waals surface area contributed by atoms with Crippen molar-refractivity contribution in [2.75, 3.05) is 0 Å². The van der Waals surface area contributed by atoms with E-state index in [1.807, 2.05) is 12.1 Å². The van der Waals surface area contributed by atoms with E-state index < -0.39 is 0 Å². The Morgan fingerprint density at radius 1 is 0.433 bits per heavy atom. The molecule has 0 unspecified atom stereocenters. The Labute approximate surface area is 200 Å². The summed E-state index contributed by atoms with van der Waals surface area (Å²) in [6.45, 7) is 4.61. The molecule has 0 amide bonds. The second-order valence-electron chi connectivity index (χ2n) is 8.77. The van der Waals surface area contributed by atoms with Gasteiger partial charge in [0.15, 0.2) is 0 Å². The molecule has 0 bridgehead atoms.